The van der Waals surface area contributed by atoms with E-state index in [1.807, 2.05) is 30.3 Å². The van der Waals surface area contributed by atoms with Crippen LogP contribution >= 0.6 is 0 Å². The molecule has 0 fully saturated rings. The van der Waals surface area contributed by atoms with Gasteiger partial charge in [0.15, 0.2) is 17.3 Å². The first kappa shape index (κ1) is 33.4. The van der Waals surface area contributed by atoms with Gasteiger partial charge in [-0.1, -0.05) is 176 Å². The Morgan fingerprint density at radius 1 is 0.414 bits per heavy atom. The van der Waals surface area contributed by atoms with Gasteiger partial charge >= 0.3 is 0 Å². The third-order valence-electron chi connectivity index (χ3n) is 11.6. The van der Waals surface area contributed by atoms with Crippen molar-refractivity contribution in [2.24, 2.45) is 0 Å². The molecule has 2 heterocycles. The van der Waals surface area contributed by atoms with Crippen LogP contribution in [0.2, 0.25) is 0 Å². The number of fused-ring (bicyclic) bond motifs is 6. The molecule has 0 unspecified atom stereocenters. The van der Waals surface area contributed by atoms with Crippen LogP contribution in [0.5, 0.6) is 0 Å². The number of benzene rings is 8. The summed E-state index contributed by atoms with van der Waals surface area (Å²) < 4.78 is 2.20. The van der Waals surface area contributed by atoms with E-state index >= 15 is 0 Å². The third-order valence-corrected chi connectivity index (χ3v) is 11.6. The number of para-hydroxylation sites is 1. The number of hydrogen-bond acceptors (Lipinski definition) is 3. The van der Waals surface area contributed by atoms with E-state index in [0.717, 1.165) is 44.1 Å². The quantitative estimate of drug-likeness (QED) is 0.160. The lowest BCUT2D eigenvalue weighted by atomic mass is 9.67. The lowest BCUT2D eigenvalue weighted by molar-refractivity contribution is 0.769. The third kappa shape index (κ3) is 5.13. The molecule has 0 radical (unpaired) electrons. The topological polar surface area (TPSA) is 48.0 Å². The highest BCUT2D eigenvalue weighted by Crippen LogP contribution is 2.57. The van der Waals surface area contributed by atoms with Crippen molar-refractivity contribution in [3.63, 3.8) is 0 Å². The zero-order chi connectivity index (χ0) is 38.6. The predicted octanol–water partition coefficient (Wildman–Crippen LogP) is 12.9. The SMILES string of the molecule is [C-]#[N+]c1ccc(-c2nc(-c3cccc(-c4ccccc4)c3)nc(-n3c4ccccc4c4cc5c(cc43)-c3ccccc3C5(c3ccccc3)c3ccccc3)n2)cc1. The van der Waals surface area contributed by atoms with Gasteiger partial charge in [0.05, 0.1) is 23.0 Å². The van der Waals surface area contributed by atoms with Gasteiger partial charge in [0.25, 0.3) is 0 Å². The molecular formula is C53H33N5. The summed E-state index contributed by atoms with van der Waals surface area (Å²) in [4.78, 5) is 19.2. The summed E-state index contributed by atoms with van der Waals surface area (Å²) in [6.45, 7) is 7.54. The van der Waals surface area contributed by atoms with E-state index in [1.54, 1.807) is 0 Å². The van der Waals surface area contributed by atoms with Gasteiger partial charge in [-0.15, -0.1) is 0 Å². The Balaban J connectivity index is 1.21. The van der Waals surface area contributed by atoms with Crippen molar-refractivity contribution in [2.75, 3.05) is 0 Å². The van der Waals surface area contributed by atoms with Crippen molar-refractivity contribution in [1.29, 1.82) is 0 Å². The van der Waals surface area contributed by atoms with Gasteiger partial charge in [-0.25, -0.2) is 9.83 Å². The molecule has 2 aromatic heterocycles. The first-order valence-electron chi connectivity index (χ1n) is 19.4. The van der Waals surface area contributed by atoms with Crippen molar-refractivity contribution in [1.82, 2.24) is 19.5 Å². The molecular weight excluding hydrogens is 707 g/mol. The Labute approximate surface area is 336 Å². The summed E-state index contributed by atoms with van der Waals surface area (Å²) in [5, 5.41) is 2.23. The molecule has 0 amide bonds. The first-order valence-corrected chi connectivity index (χ1v) is 19.4. The zero-order valence-corrected chi connectivity index (χ0v) is 31.3. The Kier molecular flexibility index (Phi) is 7.70. The molecule has 11 rings (SSSR count). The lowest BCUT2D eigenvalue weighted by Crippen LogP contribution is -2.28. The molecule has 58 heavy (non-hydrogen) atoms. The van der Waals surface area contributed by atoms with Gasteiger partial charge in [0, 0.05) is 21.9 Å². The largest absolute Gasteiger partial charge is 0.278 e. The zero-order valence-electron chi connectivity index (χ0n) is 31.3. The van der Waals surface area contributed by atoms with Crippen LogP contribution in [0, 0.1) is 6.57 Å². The van der Waals surface area contributed by atoms with E-state index < -0.39 is 5.41 Å². The molecule has 270 valence electrons. The minimum absolute atomic E-state index is 0.522. The van der Waals surface area contributed by atoms with Gasteiger partial charge < -0.3 is 0 Å². The average Bonchev–Trinajstić information content (AvgIpc) is 3.79. The molecule has 1 aliphatic rings. The Morgan fingerprint density at radius 2 is 1.02 bits per heavy atom. The van der Waals surface area contributed by atoms with Gasteiger partial charge in [-0.05, 0) is 68.8 Å². The minimum atomic E-state index is -0.527. The minimum Gasteiger partial charge on any atom is -0.278 e. The van der Waals surface area contributed by atoms with E-state index in [0.29, 0.717) is 23.3 Å². The number of hydrogen-bond donors (Lipinski definition) is 0. The maximum absolute atomic E-state index is 7.54. The van der Waals surface area contributed by atoms with E-state index in [4.69, 9.17) is 21.5 Å². The smallest absolute Gasteiger partial charge is 0.238 e. The highest BCUT2D eigenvalue weighted by Gasteiger charge is 2.46. The molecule has 0 N–H and O–H groups in total. The summed E-state index contributed by atoms with van der Waals surface area (Å²) >= 11 is 0. The van der Waals surface area contributed by atoms with E-state index in [-0.39, 0.29) is 0 Å². The normalized spacial score (nSPS) is 12.6. The highest BCUT2D eigenvalue weighted by atomic mass is 15.2. The van der Waals surface area contributed by atoms with E-state index in [2.05, 4.69) is 179 Å². The summed E-state index contributed by atoms with van der Waals surface area (Å²) in [5.74, 6) is 1.62. The van der Waals surface area contributed by atoms with Crippen molar-refractivity contribution < 1.29 is 0 Å². The summed E-state index contributed by atoms with van der Waals surface area (Å²) in [6.07, 6.45) is 0. The van der Waals surface area contributed by atoms with Crippen molar-refractivity contribution in [2.45, 2.75) is 5.41 Å². The summed E-state index contributed by atoms with van der Waals surface area (Å²) in [5.41, 5.74) is 13.3. The number of aromatic nitrogens is 4. The average molecular weight is 740 g/mol. The van der Waals surface area contributed by atoms with Crippen LogP contribution in [0.15, 0.2) is 200 Å². The predicted molar refractivity (Wildman–Crippen MR) is 234 cm³/mol. The van der Waals surface area contributed by atoms with Crippen molar-refractivity contribution >= 4 is 27.5 Å². The van der Waals surface area contributed by atoms with E-state index in [9.17, 15) is 0 Å². The molecule has 0 spiro atoms. The first-order chi connectivity index (χ1) is 28.7. The second-order valence-corrected chi connectivity index (χ2v) is 14.7. The number of nitrogens with zero attached hydrogens (tertiary/aromatic N) is 5. The highest BCUT2D eigenvalue weighted by molar-refractivity contribution is 6.11. The molecule has 1 aliphatic carbocycles. The molecule has 0 atom stereocenters. The second-order valence-electron chi connectivity index (χ2n) is 14.7. The molecule has 8 aromatic carbocycles. The van der Waals surface area contributed by atoms with Gasteiger partial charge in [0.2, 0.25) is 5.95 Å². The monoisotopic (exact) mass is 739 g/mol. The maximum Gasteiger partial charge on any atom is 0.238 e. The number of rotatable bonds is 6. The second kappa shape index (κ2) is 13.4. The van der Waals surface area contributed by atoms with Crippen molar-refractivity contribution in [3.8, 4) is 51.0 Å². The van der Waals surface area contributed by atoms with Crippen molar-refractivity contribution in [3.05, 3.63) is 234 Å². The summed E-state index contributed by atoms with van der Waals surface area (Å²) in [6, 6.07) is 70.1. The van der Waals surface area contributed by atoms with E-state index in [1.165, 1.54) is 33.4 Å². The molecule has 0 saturated carbocycles. The molecule has 0 saturated heterocycles. The Bertz CT molecular complexity index is 3180. The van der Waals surface area contributed by atoms with Crippen LogP contribution in [0.1, 0.15) is 22.3 Å². The fourth-order valence-corrected chi connectivity index (χ4v) is 9.00. The molecule has 0 bridgehead atoms. The van der Waals surface area contributed by atoms with Crippen LogP contribution in [0.3, 0.4) is 0 Å². The Morgan fingerprint density at radius 3 is 1.74 bits per heavy atom. The summed E-state index contributed by atoms with van der Waals surface area (Å²) in [7, 11) is 0. The Hall–Kier alpha value is -7.94. The molecule has 5 nitrogen and oxygen atoms in total. The molecule has 0 aliphatic heterocycles. The van der Waals surface area contributed by atoms with Crippen LogP contribution in [-0.2, 0) is 5.41 Å². The van der Waals surface area contributed by atoms with Gasteiger partial charge in [-0.3, -0.25) is 4.57 Å². The van der Waals surface area contributed by atoms with Gasteiger partial charge in [0.1, 0.15) is 0 Å². The van der Waals surface area contributed by atoms with Crippen LogP contribution < -0.4 is 0 Å². The molecule has 10 aromatic rings. The van der Waals surface area contributed by atoms with Crippen LogP contribution in [0.25, 0.3) is 77.6 Å². The fourth-order valence-electron chi connectivity index (χ4n) is 9.00. The van der Waals surface area contributed by atoms with Gasteiger partial charge in [-0.2, -0.15) is 9.97 Å². The standard InChI is InChI=1S/C53H33N5/c1-54-41-30-28-36(29-31-41)50-55-51(38-19-15-18-37(32-38)35-16-5-2-6-17-35)57-52(56-50)58-48-27-14-12-25-43(48)45-33-47-44(34-49(45)58)42-24-11-13-26-46(42)53(47,39-20-7-3-8-21-39)40-22-9-4-10-23-40/h2-34H. The maximum atomic E-state index is 7.54. The van der Waals surface area contributed by atoms with Crippen LogP contribution in [0.4, 0.5) is 5.69 Å². The fraction of sp³-hybridized carbons (Fsp3) is 0.0189. The molecule has 5 heteroatoms. The van der Waals surface area contributed by atoms with Crippen LogP contribution in [-0.4, -0.2) is 19.5 Å². The lowest BCUT2D eigenvalue weighted by Gasteiger charge is -2.33.